The maximum absolute atomic E-state index is 12.3. The molecule has 0 aliphatic rings. The van der Waals surface area contributed by atoms with Crippen LogP contribution in [-0.4, -0.2) is 11.0 Å². The Bertz CT molecular complexity index is 806. The second-order valence-corrected chi connectivity index (χ2v) is 5.44. The van der Waals surface area contributed by atoms with Crippen LogP contribution in [0.5, 0.6) is 5.75 Å². The third-order valence-electron chi connectivity index (χ3n) is 3.58. The quantitative estimate of drug-likeness (QED) is 0.668. The van der Waals surface area contributed by atoms with E-state index < -0.39 is 5.91 Å². The molecule has 0 radical (unpaired) electrons. The topological polar surface area (TPSA) is 73.1 Å². The lowest BCUT2D eigenvalue weighted by Gasteiger charge is -2.08. The van der Waals surface area contributed by atoms with Gasteiger partial charge < -0.3 is 10.4 Å². The summed E-state index contributed by atoms with van der Waals surface area (Å²) in [6.45, 7) is 5.44. The number of hydrogen-bond acceptors (Lipinski definition) is 3. The van der Waals surface area contributed by atoms with Gasteiger partial charge in [0, 0.05) is 5.69 Å². The number of para-hydroxylation sites is 1. The minimum absolute atomic E-state index is 0.0118. The maximum atomic E-state index is 12.3. The highest BCUT2D eigenvalue weighted by molar-refractivity contribution is 6.10. The van der Waals surface area contributed by atoms with Gasteiger partial charge >= 0.3 is 0 Å². The molecule has 0 fully saturated rings. The van der Waals surface area contributed by atoms with Crippen molar-refractivity contribution in [3.63, 3.8) is 0 Å². The fraction of sp³-hybridized carbons (Fsp3) is 0.158. The number of nitriles is 1. The summed E-state index contributed by atoms with van der Waals surface area (Å²) in [6.07, 6.45) is 1.52. The number of nitrogens with one attached hydrogen (secondary N) is 1. The van der Waals surface area contributed by atoms with E-state index in [1.165, 1.54) is 6.08 Å². The molecule has 0 saturated carbocycles. The number of nitrogens with zero attached hydrogens (tertiary/aromatic N) is 1. The average molecular weight is 306 g/mol. The minimum atomic E-state index is -0.454. The van der Waals surface area contributed by atoms with Crippen LogP contribution in [0.25, 0.3) is 6.08 Å². The molecule has 0 saturated heterocycles. The Morgan fingerprint density at radius 2 is 1.74 bits per heavy atom. The van der Waals surface area contributed by atoms with E-state index in [9.17, 15) is 15.2 Å². The second-order valence-electron chi connectivity index (χ2n) is 5.44. The first-order valence-electron chi connectivity index (χ1n) is 7.21. The fourth-order valence-corrected chi connectivity index (χ4v) is 2.29. The fourth-order valence-electron chi connectivity index (χ4n) is 2.29. The lowest BCUT2D eigenvalue weighted by molar-refractivity contribution is -0.112. The molecule has 0 unspecified atom stereocenters. The third-order valence-corrected chi connectivity index (χ3v) is 3.58. The van der Waals surface area contributed by atoms with Gasteiger partial charge in [-0.2, -0.15) is 5.26 Å². The van der Waals surface area contributed by atoms with Gasteiger partial charge in [-0.15, -0.1) is 0 Å². The van der Waals surface area contributed by atoms with E-state index in [1.54, 1.807) is 32.0 Å². The van der Waals surface area contributed by atoms with Crippen LogP contribution in [0.15, 0.2) is 42.0 Å². The first kappa shape index (κ1) is 16.3. The Kier molecular flexibility index (Phi) is 4.82. The van der Waals surface area contributed by atoms with Crippen molar-refractivity contribution < 1.29 is 9.90 Å². The van der Waals surface area contributed by atoms with Crippen LogP contribution in [0.2, 0.25) is 0 Å². The summed E-state index contributed by atoms with van der Waals surface area (Å²) in [5.41, 5.74) is 3.72. The highest BCUT2D eigenvalue weighted by atomic mass is 16.3. The lowest BCUT2D eigenvalue weighted by atomic mass is 10.0. The molecule has 0 spiro atoms. The second kappa shape index (κ2) is 6.80. The van der Waals surface area contributed by atoms with Crippen LogP contribution >= 0.6 is 0 Å². The molecule has 0 atom stereocenters. The minimum Gasteiger partial charge on any atom is -0.507 e. The van der Waals surface area contributed by atoms with E-state index in [0.717, 1.165) is 5.56 Å². The van der Waals surface area contributed by atoms with Crippen molar-refractivity contribution in [2.45, 2.75) is 20.8 Å². The number of aryl methyl sites for hydroxylation is 3. The van der Waals surface area contributed by atoms with Crippen LogP contribution in [0.3, 0.4) is 0 Å². The number of rotatable bonds is 3. The van der Waals surface area contributed by atoms with Gasteiger partial charge in [0.05, 0.1) is 0 Å². The standard InChI is InChI=1S/C19H18N2O2/c1-12-6-4-5-7-17(12)21-19(23)16(11-20)10-15-8-13(2)18(22)14(3)9-15/h4-10,22H,1-3H3,(H,21,23)/b16-10+. The molecule has 4 heteroatoms. The van der Waals surface area contributed by atoms with Crippen molar-refractivity contribution >= 4 is 17.7 Å². The molecular weight excluding hydrogens is 288 g/mol. The molecule has 0 bridgehead atoms. The number of phenolic OH excluding ortho intramolecular Hbond substituents is 1. The molecule has 2 aromatic carbocycles. The summed E-state index contributed by atoms with van der Waals surface area (Å²) in [5.74, 6) is -0.227. The van der Waals surface area contributed by atoms with Crippen molar-refractivity contribution in [2.24, 2.45) is 0 Å². The average Bonchev–Trinajstić information content (AvgIpc) is 2.52. The summed E-state index contributed by atoms with van der Waals surface area (Å²) >= 11 is 0. The predicted molar refractivity (Wildman–Crippen MR) is 91.0 cm³/mol. The van der Waals surface area contributed by atoms with Gasteiger partial charge in [0.1, 0.15) is 17.4 Å². The van der Waals surface area contributed by atoms with Crippen LogP contribution in [0.4, 0.5) is 5.69 Å². The molecule has 2 rings (SSSR count). The Balaban J connectivity index is 2.31. The molecule has 0 aromatic heterocycles. The molecule has 1 amide bonds. The van der Waals surface area contributed by atoms with Gasteiger partial charge in [-0.1, -0.05) is 18.2 Å². The van der Waals surface area contributed by atoms with E-state index in [-0.39, 0.29) is 11.3 Å². The number of carbonyl (C=O) groups excluding carboxylic acids is 1. The molecule has 116 valence electrons. The SMILES string of the molecule is Cc1ccccc1NC(=O)/C(C#N)=C/c1cc(C)c(O)c(C)c1. The number of anilines is 1. The summed E-state index contributed by atoms with van der Waals surface area (Å²) in [6, 6.07) is 12.8. The zero-order valence-electron chi connectivity index (χ0n) is 13.3. The third kappa shape index (κ3) is 3.78. The number of aromatic hydroxyl groups is 1. The van der Waals surface area contributed by atoms with E-state index in [2.05, 4.69) is 5.32 Å². The summed E-state index contributed by atoms with van der Waals surface area (Å²) in [5, 5.41) is 21.8. The van der Waals surface area contributed by atoms with E-state index in [0.29, 0.717) is 22.4 Å². The van der Waals surface area contributed by atoms with E-state index in [4.69, 9.17) is 0 Å². The van der Waals surface area contributed by atoms with Crippen LogP contribution in [-0.2, 0) is 4.79 Å². The summed E-state index contributed by atoms with van der Waals surface area (Å²) < 4.78 is 0. The van der Waals surface area contributed by atoms with Crippen LogP contribution in [0, 0.1) is 32.1 Å². The largest absolute Gasteiger partial charge is 0.507 e. The van der Waals surface area contributed by atoms with Gasteiger partial charge in [0.25, 0.3) is 5.91 Å². The highest BCUT2D eigenvalue weighted by Crippen LogP contribution is 2.24. The normalized spacial score (nSPS) is 11.0. The van der Waals surface area contributed by atoms with Crippen molar-refractivity contribution in [2.75, 3.05) is 5.32 Å². The van der Waals surface area contributed by atoms with E-state index in [1.807, 2.05) is 31.2 Å². The molecule has 23 heavy (non-hydrogen) atoms. The molecule has 0 aliphatic carbocycles. The highest BCUT2D eigenvalue weighted by Gasteiger charge is 2.11. The summed E-state index contributed by atoms with van der Waals surface area (Å²) in [7, 11) is 0. The van der Waals surface area contributed by atoms with Crippen molar-refractivity contribution in [1.29, 1.82) is 5.26 Å². The van der Waals surface area contributed by atoms with Gasteiger partial charge in [-0.05, 0) is 67.3 Å². The number of benzene rings is 2. The molecule has 2 N–H and O–H groups in total. The Hall–Kier alpha value is -3.06. The first-order chi connectivity index (χ1) is 10.9. The smallest absolute Gasteiger partial charge is 0.266 e. The number of phenols is 1. The molecule has 0 aliphatic heterocycles. The van der Waals surface area contributed by atoms with Gasteiger partial charge in [0.2, 0.25) is 0 Å². The van der Waals surface area contributed by atoms with Crippen LogP contribution in [0.1, 0.15) is 22.3 Å². The Morgan fingerprint density at radius 1 is 1.13 bits per heavy atom. The monoisotopic (exact) mass is 306 g/mol. The molecule has 2 aromatic rings. The van der Waals surface area contributed by atoms with Gasteiger partial charge in [-0.25, -0.2) is 0 Å². The van der Waals surface area contributed by atoms with E-state index >= 15 is 0 Å². The predicted octanol–water partition coefficient (Wildman–Crippen LogP) is 3.86. The number of amides is 1. The van der Waals surface area contributed by atoms with Crippen molar-refractivity contribution in [3.8, 4) is 11.8 Å². The van der Waals surface area contributed by atoms with Crippen LogP contribution < -0.4 is 5.32 Å². The Morgan fingerprint density at radius 3 is 2.30 bits per heavy atom. The lowest BCUT2D eigenvalue weighted by Crippen LogP contribution is -2.14. The zero-order chi connectivity index (χ0) is 17.0. The van der Waals surface area contributed by atoms with Gasteiger partial charge in [0.15, 0.2) is 0 Å². The number of hydrogen-bond donors (Lipinski definition) is 2. The Labute approximate surface area is 135 Å². The first-order valence-corrected chi connectivity index (χ1v) is 7.21. The van der Waals surface area contributed by atoms with Gasteiger partial charge in [-0.3, -0.25) is 4.79 Å². The molecule has 4 nitrogen and oxygen atoms in total. The molecule has 0 heterocycles. The van der Waals surface area contributed by atoms with Crippen molar-refractivity contribution in [3.05, 3.63) is 64.2 Å². The summed E-state index contributed by atoms with van der Waals surface area (Å²) in [4.78, 5) is 12.3. The van der Waals surface area contributed by atoms with Crippen molar-refractivity contribution in [1.82, 2.24) is 0 Å². The maximum Gasteiger partial charge on any atom is 0.266 e. The zero-order valence-corrected chi connectivity index (χ0v) is 13.3. The number of carbonyl (C=O) groups is 1. The molecular formula is C19H18N2O2.